The molecule has 1 aromatic heterocycles. The molecule has 1 N–H and O–H groups in total. The molecule has 5 nitrogen and oxygen atoms in total. The highest BCUT2D eigenvalue weighted by Gasteiger charge is 2.42. The van der Waals surface area contributed by atoms with Crippen LogP contribution in [0, 0.1) is 6.92 Å². The number of halogens is 3. The van der Waals surface area contributed by atoms with E-state index in [0.29, 0.717) is 36.6 Å². The number of fused-ring (bicyclic) bond motifs is 3. The molecule has 3 aromatic carbocycles. The molecule has 2 fully saturated rings. The lowest BCUT2D eigenvalue weighted by molar-refractivity contribution is -0.137. The summed E-state index contributed by atoms with van der Waals surface area (Å²) >= 11 is 0. The number of aromatic nitrogens is 1. The van der Waals surface area contributed by atoms with Crippen LogP contribution in [0.5, 0.6) is 5.75 Å². The van der Waals surface area contributed by atoms with Crippen LogP contribution < -0.4 is 10.1 Å². The van der Waals surface area contributed by atoms with Gasteiger partial charge in [-0.15, -0.1) is 0 Å². The van der Waals surface area contributed by atoms with E-state index >= 15 is 0 Å². The molecule has 4 aromatic rings. The van der Waals surface area contributed by atoms with Gasteiger partial charge in [0.05, 0.1) is 11.1 Å². The number of likely N-dealkylation sites (tertiary alicyclic amines) is 2. The summed E-state index contributed by atoms with van der Waals surface area (Å²) in [6.07, 6.45) is -3.36. The molecule has 0 unspecified atom stereocenters. The maximum Gasteiger partial charge on any atom is 0.416 e. The third kappa shape index (κ3) is 5.72. The number of nitrogens with one attached hydrogen (secondary N) is 1. The Morgan fingerprint density at radius 1 is 0.923 bits per heavy atom. The first-order chi connectivity index (χ1) is 18.8. The molecule has 0 spiro atoms. The molecule has 0 amide bonds. The first-order valence-corrected chi connectivity index (χ1v) is 13.3. The summed E-state index contributed by atoms with van der Waals surface area (Å²) in [5.41, 5.74) is 3.18. The van der Waals surface area contributed by atoms with Gasteiger partial charge < -0.3 is 10.1 Å². The predicted molar refractivity (Wildman–Crippen MR) is 147 cm³/mol. The molecular formula is C31H31F3N4O. The molecule has 8 heteroatoms. The number of hydrogen-bond acceptors (Lipinski definition) is 5. The summed E-state index contributed by atoms with van der Waals surface area (Å²) in [7, 11) is 0. The van der Waals surface area contributed by atoms with Gasteiger partial charge in [0.25, 0.3) is 0 Å². The van der Waals surface area contributed by atoms with E-state index < -0.39 is 11.7 Å². The molecule has 0 radical (unpaired) electrons. The average molecular weight is 533 g/mol. The van der Waals surface area contributed by atoms with Crippen LogP contribution in [-0.2, 0) is 12.7 Å². The van der Waals surface area contributed by atoms with Crippen molar-refractivity contribution in [2.45, 2.75) is 38.1 Å². The van der Waals surface area contributed by atoms with Gasteiger partial charge in [0, 0.05) is 66.8 Å². The van der Waals surface area contributed by atoms with Crippen LogP contribution in [0.2, 0.25) is 0 Å². The highest BCUT2D eigenvalue weighted by atomic mass is 19.4. The third-order valence-electron chi connectivity index (χ3n) is 7.70. The summed E-state index contributed by atoms with van der Waals surface area (Å²) in [6, 6.07) is 24.7. The minimum absolute atomic E-state index is 0.206. The highest BCUT2D eigenvalue weighted by molar-refractivity contribution is 5.93. The van der Waals surface area contributed by atoms with Gasteiger partial charge in [-0.25, -0.2) is 0 Å². The van der Waals surface area contributed by atoms with E-state index in [0.717, 1.165) is 54.8 Å². The van der Waals surface area contributed by atoms with Crippen LogP contribution in [0.1, 0.15) is 23.2 Å². The number of aryl methyl sites for hydroxylation is 1. The smallest absolute Gasteiger partial charge is 0.416 e. The van der Waals surface area contributed by atoms with Crippen LogP contribution >= 0.6 is 0 Å². The number of hydrogen-bond donors (Lipinski definition) is 1. The quantitative estimate of drug-likeness (QED) is 0.275. The van der Waals surface area contributed by atoms with E-state index in [9.17, 15) is 13.2 Å². The van der Waals surface area contributed by atoms with Crippen molar-refractivity contribution in [2.75, 3.05) is 31.6 Å². The summed E-state index contributed by atoms with van der Waals surface area (Å²) in [5, 5.41) is 4.02. The van der Waals surface area contributed by atoms with E-state index in [2.05, 4.69) is 44.4 Å². The van der Waals surface area contributed by atoms with Crippen LogP contribution in [-0.4, -0.2) is 53.1 Å². The monoisotopic (exact) mass is 532 g/mol. The zero-order valence-corrected chi connectivity index (χ0v) is 21.8. The zero-order chi connectivity index (χ0) is 27.0. The van der Waals surface area contributed by atoms with Gasteiger partial charge in [-0.1, -0.05) is 48.5 Å². The molecule has 39 heavy (non-hydrogen) atoms. The van der Waals surface area contributed by atoms with Crippen molar-refractivity contribution >= 4 is 22.3 Å². The number of anilines is 2. The summed E-state index contributed by atoms with van der Waals surface area (Å²) in [6.45, 7) is 5.82. The number of para-hydroxylation sites is 1. The molecular weight excluding hydrogens is 501 g/mol. The van der Waals surface area contributed by atoms with Crippen molar-refractivity contribution in [2.24, 2.45) is 0 Å². The van der Waals surface area contributed by atoms with Crippen LogP contribution in [0.15, 0.2) is 78.9 Å². The molecule has 3 heterocycles. The Balaban J connectivity index is 1.12. The van der Waals surface area contributed by atoms with Crippen molar-refractivity contribution < 1.29 is 17.9 Å². The normalized spacial score (nSPS) is 19.6. The number of nitrogens with zero attached hydrogens (tertiary/aromatic N) is 3. The summed E-state index contributed by atoms with van der Waals surface area (Å²) < 4.78 is 47.2. The average Bonchev–Trinajstić information content (AvgIpc) is 3.49. The standard InChI is InChI=1S/C31H31F3N4O/c1-21-13-30(28-9-5-6-10-29(28)35-21)36-24-14-23(31(32,33)34)15-27(16-24)39-12-11-37-19-26-17-25(37)20-38(26)18-22-7-3-2-4-8-22/h2-10,13-16,25-26H,11-12,17-20H2,1H3,(H,35,36)/t25-,26-/m0/s1. The molecule has 2 aliphatic rings. The first kappa shape index (κ1) is 25.6. The van der Waals surface area contributed by atoms with E-state index in [4.69, 9.17) is 4.74 Å². The van der Waals surface area contributed by atoms with E-state index in [1.165, 1.54) is 5.56 Å². The second-order valence-electron chi connectivity index (χ2n) is 10.5. The number of benzene rings is 3. The summed E-state index contributed by atoms with van der Waals surface area (Å²) in [5.74, 6) is 0.206. The molecule has 2 aliphatic heterocycles. The molecule has 202 valence electrons. The van der Waals surface area contributed by atoms with Gasteiger partial charge in [0.2, 0.25) is 0 Å². The van der Waals surface area contributed by atoms with Gasteiger partial charge >= 0.3 is 6.18 Å². The Morgan fingerprint density at radius 2 is 1.67 bits per heavy atom. The van der Waals surface area contributed by atoms with Crippen LogP contribution in [0.4, 0.5) is 24.5 Å². The van der Waals surface area contributed by atoms with E-state index in [-0.39, 0.29) is 5.75 Å². The summed E-state index contributed by atoms with van der Waals surface area (Å²) in [4.78, 5) is 9.46. The first-order valence-electron chi connectivity index (χ1n) is 13.3. The highest BCUT2D eigenvalue weighted by Crippen LogP contribution is 2.36. The van der Waals surface area contributed by atoms with Crippen LogP contribution in [0.3, 0.4) is 0 Å². The van der Waals surface area contributed by atoms with Crippen LogP contribution in [0.25, 0.3) is 10.9 Å². The molecule has 0 aliphatic carbocycles. The molecule has 6 rings (SSSR count). The van der Waals surface area contributed by atoms with Gasteiger partial charge in [-0.05, 0) is 43.2 Å². The fourth-order valence-corrected chi connectivity index (χ4v) is 5.88. The molecule has 2 bridgehead atoms. The molecule has 2 atom stereocenters. The Hall–Kier alpha value is -3.62. The second-order valence-corrected chi connectivity index (χ2v) is 10.5. The molecule has 0 saturated carbocycles. The second kappa shape index (κ2) is 10.5. The lowest BCUT2D eigenvalue weighted by Gasteiger charge is -2.34. The topological polar surface area (TPSA) is 40.6 Å². The predicted octanol–water partition coefficient (Wildman–Crippen LogP) is 6.64. The van der Waals surface area contributed by atoms with E-state index in [1.807, 2.05) is 43.3 Å². The van der Waals surface area contributed by atoms with Crippen molar-refractivity contribution in [1.82, 2.24) is 14.8 Å². The zero-order valence-electron chi connectivity index (χ0n) is 21.8. The van der Waals surface area contributed by atoms with Gasteiger partial charge in [-0.3, -0.25) is 14.8 Å². The minimum Gasteiger partial charge on any atom is -0.492 e. The van der Waals surface area contributed by atoms with Crippen molar-refractivity contribution in [1.29, 1.82) is 0 Å². The van der Waals surface area contributed by atoms with Gasteiger partial charge in [0.1, 0.15) is 12.4 Å². The fraction of sp³-hybridized carbons (Fsp3) is 0.323. The minimum atomic E-state index is -4.48. The number of pyridine rings is 1. The fourth-order valence-electron chi connectivity index (χ4n) is 5.88. The maximum atomic E-state index is 13.8. The Bertz CT molecular complexity index is 1460. The Morgan fingerprint density at radius 3 is 2.44 bits per heavy atom. The van der Waals surface area contributed by atoms with Crippen molar-refractivity contribution in [3.8, 4) is 5.75 Å². The third-order valence-corrected chi connectivity index (χ3v) is 7.70. The Labute approximate surface area is 226 Å². The lowest BCUT2D eigenvalue weighted by atomic mass is 10.1. The van der Waals surface area contributed by atoms with Crippen molar-refractivity contribution in [3.05, 3.63) is 95.7 Å². The number of piperazine rings is 1. The number of ether oxygens (including phenoxy) is 1. The van der Waals surface area contributed by atoms with E-state index in [1.54, 1.807) is 6.07 Å². The maximum absolute atomic E-state index is 13.8. The van der Waals surface area contributed by atoms with Crippen molar-refractivity contribution in [3.63, 3.8) is 0 Å². The molecule has 2 saturated heterocycles. The largest absolute Gasteiger partial charge is 0.492 e. The lowest BCUT2D eigenvalue weighted by Crippen LogP contribution is -2.47. The number of alkyl halides is 3. The Kier molecular flexibility index (Phi) is 6.91. The van der Waals surface area contributed by atoms with Gasteiger partial charge in [-0.2, -0.15) is 13.2 Å². The number of rotatable bonds is 8. The van der Waals surface area contributed by atoms with Gasteiger partial charge in [0.15, 0.2) is 0 Å². The SMILES string of the molecule is Cc1cc(Nc2cc(OCCN3C[C@@H]4C[C@H]3CN4Cc3ccccc3)cc(C(F)(F)F)c2)c2ccccc2n1.